The number of aromatic nitrogens is 2. The summed E-state index contributed by atoms with van der Waals surface area (Å²) in [5.41, 5.74) is 0.320. The predicted octanol–water partition coefficient (Wildman–Crippen LogP) is 2.68. The van der Waals surface area contributed by atoms with E-state index in [1.807, 2.05) is 6.92 Å². The van der Waals surface area contributed by atoms with E-state index in [2.05, 4.69) is 15.5 Å². The Morgan fingerprint density at radius 3 is 2.59 bits per heavy atom. The Morgan fingerprint density at radius 1 is 1.28 bits per heavy atom. The van der Waals surface area contributed by atoms with Crippen LogP contribution in [0.25, 0.3) is 0 Å². The summed E-state index contributed by atoms with van der Waals surface area (Å²) >= 11 is 1.32. The van der Waals surface area contributed by atoms with Gasteiger partial charge in [0.2, 0.25) is 21.8 Å². The lowest BCUT2D eigenvalue weighted by atomic mass is 10.3. The van der Waals surface area contributed by atoms with Crippen LogP contribution in [0.1, 0.15) is 32.5 Å². The van der Waals surface area contributed by atoms with Gasteiger partial charge >= 0.3 is 0 Å². The standard InChI is InChI=1S/C18H26N4O5S2/c1-5-22(6-2)29(24,25)14-8-9-16(26-7-3)15(10-14)20-18(23)12-28-11-17-19-13(4)27-21-17/h8-10H,5-7,11-12H2,1-4H3,(H,20,23). The van der Waals surface area contributed by atoms with Gasteiger partial charge in [0.1, 0.15) is 5.75 Å². The quantitative estimate of drug-likeness (QED) is 0.565. The molecule has 1 aromatic carbocycles. The number of sulfonamides is 1. The number of carbonyl (C=O) groups excluding carboxylic acids is 1. The maximum Gasteiger partial charge on any atom is 0.243 e. The number of nitrogens with zero attached hydrogens (tertiary/aromatic N) is 3. The van der Waals surface area contributed by atoms with Crippen molar-refractivity contribution in [1.29, 1.82) is 0 Å². The van der Waals surface area contributed by atoms with Gasteiger partial charge in [0.05, 0.1) is 28.7 Å². The van der Waals surface area contributed by atoms with Gasteiger partial charge < -0.3 is 14.6 Å². The lowest BCUT2D eigenvalue weighted by Crippen LogP contribution is -2.30. The van der Waals surface area contributed by atoms with Crippen molar-refractivity contribution in [3.05, 3.63) is 29.9 Å². The molecule has 2 rings (SSSR count). The second-order valence-corrected chi connectivity index (χ2v) is 8.87. The van der Waals surface area contributed by atoms with Gasteiger partial charge in [-0.25, -0.2) is 8.42 Å². The van der Waals surface area contributed by atoms with Crippen LogP contribution in [0, 0.1) is 6.92 Å². The summed E-state index contributed by atoms with van der Waals surface area (Å²) in [5, 5.41) is 6.52. The lowest BCUT2D eigenvalue weighted by Gasteiger charge is -2.20. The average molecular weight is 443 g/mol. The molecule has 1 amide bonds. The fourth-order valence-corrected chi connectivity index (χ4v) is 4.73. The molecule has 1 aromatic heterocycles. The van der Waals surface area contributed by atoms with Gasteiger partial charge in [-0.05, 0) is 25.1 Å². The van der Waals surface area contributed by atoms with E-state index in [9.17, 15) is 13.2 Å². The number of aryl methyl sites for hydroxylation is 1. The van der Waals surface area contributed by atoms with Crippen LogP contribution in [0.2, 0.25) is 0 Å². The summed E-state index contributed by atoms with van der Waals surface area (Å²) in [6.07, 6.45) is 0. The molecule has 0 radical (unpaired) electrons. The molecule has 0 aliphatic carbocycles. The van der Waals surface area contributed by atoms with Crippen molar-refractivity contribution in [2.75, 3.05) is 30.8 Å². The molecule has 0 aliphatic heterocycles. The van der Waals surface area contributed by atoms with Crippen LogP contribution in [-0.2, 0) is 20.6 Å². The summed E-state index contributed by atoms with van der Waals surface area (Å²) in [7, 11) is -3.65. The number of carbonyl (C=O) groups is 1. The molecule has 0 unspecified atom stereocenters. The van der Waals surface area contributed by atoms with Gasteiger partial charge in [0.25, 0.3) is 0 Å². The molecule has 11 heteroatoms. The maximum atomic E-state index is 12.8. The first-order valence-electron chi connectivity index (χ1n) is 9.25. The molecule has 0 bridgehead atoms. The number of ether oxygens (including phenoxy) is 1. The monoisotopic (exact) mass is 442 g/mol. The van der Waals surface area contributed by atoms with Crippen molar-refractivity contribution in [3.8, 4) is 5.75 Å². The van der Waals surface area contributed by atoms with Crippen LogP contribution in [0.5, 0.6) is 5.75 Å². The highest BCUT2D eigenvalue weighted by Crippen LogP contribution is 2.29. The third-order valence-corrected chi connectivity index (χ3v) is 6.88. The van der Waals surface area contributed by atoms with Gasteiger partial charge in [-0.15, -0.1) is 11.8 Å². The van der Waals surface area contributed by atoms with Crippen LogP contribution < -0.4 is 10.1 Å². The minimum absolute atomic E-state index is 0.106. The molecule has 1 N–H and O–H groups in total. The van der Waals surface area contributed by atoms with E-state index in [1.165, 1.54) is 28.2 Å². The number of hydrogen-bond donors (Lipinski definition) is 1. The van der Waals surface area contributed by atoms with Crippen molar-refractivity contribution >= 4 is 33.4 Å². The lowest BCUT2D eigenvalue weighted by molar-refractivity contribution is -0.113. The Hall–Kier alpha value is -2.11. The highest BCUT2D eigenvalue weighted by molar-refractivity contribution is 7.99. The van der Waals surface area contributed by atoms with Gasteiger partial charge in [-0.1, -0.05) is 19.0 Å². The second kappa shape index (κ2) is 10.6. The van der Waals surface area contributed by atoms with E-state index in [1.54, 1.807) is 26.8 Å². The third kappa shape index (κ3) is 6.18. The normalized spacial score (nSPS) is 11.6. The van der Waals surface area contributed by atoms with Gasteiger partial charge in [-0.3, -0.25) is 4.79 Å². The zero-order chi connectivity index (χ0) is 21.4. The SMILES string of the molecule is CCOc1ccc(S(=O)(=O)N(CC)CC)cc1NC(=O)CSCc1noc(C)n1. The number of thioether (sulfide) groups is 1. The van der Waals surface area contributed by atoms with Crippen molar-refractivity contribution < 1.29 is 22.5 Å². The van der Waals surface area contributed by atoms with Crippen molar-refractivity contribution in [2.24, 2.45) is 0 Å². The Morgan fingerprint density at radius 2 is 2.00 bits per heavy atom. The molecule has 0 saturated heterocycles. The number of nitrogens with one attached hydrogen (secondary N) is 1. The minimum atomic E-state index is -3.65. The molecule has 0 spiro atoms. The van der Waals surface area contributed by atoms with Crippen LogP contribution in [0.15, 0.2) is 27.6 Å². The first kappa shape index (κ1) is 23.2. The van der Waals surface area contributed by atoms with Crippen molar-refractivity contribution in [3.63, 3.8) is 0 Å². The van der Waals surface area contributed by atoms with Crippen molar-refractivity contribution in [2.45, 2.75) is 38.3 Å². The van der Waals surface area contributed by atoms with Gasteiger partial charge in [0.15, 0.2) is 5.82 Å². The summed E-state index contributed by atoms with van der Waals surface area (Å²) in [6, 6.07) is 4.48. The van der Waals surface area contributed by atoms with E-state index in [4.69, 9.17) is 9.26 Å². The Balaban J connectivity index is 2.13. The molecule has 160 valence electrons. The first-order valence-corrected chi connectivity index (χ1v) is 11.8. The van der Waals surface area contributed by atoms with E-state index in [-0.39, 0.29) is 16.6 Å². The second-order valence-electron chi connectivity index (χ2n) is 5.95. The van der Waals surface area contributed by atoms with Crippen LogP contribution >= 0.6 is 11.8 Å². The zero-order valence-electron chi connectivity index (χ0n) is 17.0. The highest BCUT2D eigenvalue weighted by atomic mass is 32.2. The molecule has 0 saturated carbocycles. The zero-order valence-corrected chi connectivity index (χ0v) is 18.6. The average Bonchev–Trinajstić information content (AvgIpc) is 3.09. The number of hydrogen-bond acceptors (Lipinski definition) is 8. The van der Waals surface area contributed by atoms with E-state index >= 15 is 0 Å². The molecule has 2 aromatic rings. The summed E-state index contributed by atoms with van der Waals surface area (Å²) in [4.78, 5) is 16.5. The topological polar surface area (TPSA) is 115 Å². The summed E-state index contributed by atoms with van der Waals surface area (Å²) in [5.74, 6) is 1.69. The number of anilines is 1. The Kier molecular flexibility index (Phi) is 8.47. The van der Waals surface area contributed by atoms with E-state index in [0.29, 0.717) is 48.6 Å². The maximum absolute atomic E-state index is 12.8. The number of amides is 1. The van der Waals surface area contributed by atoms with Gasteiger partial charge in [-0.2, -0.15) is 9.29 Å². The number of rotatable bonds is 11. The van der Waals surface area contributed by atoms with E-state index < -0.39 is 10.0 Å². The Bertz CT molecular complexity index is 926. The fraction of sp³-hybridized carbons (Fsp3) is 0.500. The van der Waals surface area contributed by atoms with Crippen molar-refractivity contribution in [1.82, 2.24) is 14.4 Å². The van der Waals surface area contributed by atoms with Crippen LogP contribution in [0.3, 0.4) is 0 Å². The molecule has 0 fully saturated rings. The highest BCUT2D eigenvalue weighted by Gasteiger charge is 2.23. The molecule has 9 nitrogen and oxygen atoms in total. The molecular formula is C18H26N4O5S2. The van der Waals surface area contributed by atoms with Crippen LogP contribution in [-0.4, -0.2) is 54.2 Å². The molecule has 0 atom stereocenters. The summed E-state index contributed by atoms with van der Waals surface area (Å²) < 4.78 is 37.3. The first-order chi connectivity index (χ1) is 13.8. The third-order valence-electron chi connectivity index (χ3n) is 3.90. The fourth-order valence-electron chi connectivity index (χ4n) is 2.58. The largest absolute Gasteiger partial charge is 0.492 e. The smallest absolute Gasteiger partial charge is 0.243 e. The molecular weight excluding hydrogens is 416 g/mol. The molecule has 0 aliphatic rings. The predicted molar refractivity (Wildman–Crippen MR) is 112 cm³/mol. The summed E-state index contributed by atoms with van der Waals surface area (Å²) in [6.45, 7) is 8.18. The molecule has 1 heterocycles. The minimum Gasteiger partial charge on any atom is -0.492 e. The molecule has 29 heavy (non-hydrogen) atoms. The van der Waals surface area contributed by atoms with Crippen LogP contribution in [0.4, 0.5) is 5.69 Å². The number of benzene rings is 1. The van der Waals surface area contributed by atoms with Gasteiger partial charge in [0, 0.05) is 20.0 Å². The van der Waals surface area contributed by atoms with E-state index in [0.717, 1.165) is 0 Å². The Labute approximate surface area is 175 Å².